The number of benzene rings is 2. The Morgan fingerprint density at radius 2 is 1.68 bits per heavy atom. The van der Waals surface area contributed by atoms with Crippen molar-refractivity contribution in [3.63, 3.8) is 0 Å². The minimum absolute atomic E-state index is 0.470. The average molecular weight is 296 g/mol. The maximum Gasteiger partial charge on any atom is 0.255 e. The van der Waals surface area contributed by atoms with Gasteiger partial charge in [0.05, 0.1) is 5.92 Å². The molecule has 4 heteroatoms. The molecule has 0 bridgehead atoms. The van der Waals surface area contributed by atoms with Crippen LogP contribution in [-0.4, -0.2) is 16.8 Å². The molecule has 1 atom stereocenters. The third-order valence-electron chi connectivity index (χ3n) is 3.60. The van der Waals surface area contributed by atoms with Gasteiger partial charge >= 0.3 is 0 Å². The zero-order chi connectivity index (χ0) is 15.9. The minimum atomic E-state index is -0.569. The largest absolute Gasteiger partial charge is 0.305 e. The molecule has 0 aromatic heterocycles. The molecule has 0 radical (unpaired) electrons. The highest BCUT2D eigenvalue weighted by atomic mass is 16.5. The van der Waals surface area contributed by atoms with Crippen LogP contribution in [-0.2, 0) is 4.79 Å². The van der Waals surface area contributed by atoms with Gasteiger partial charge < -0.3 is 5.41 Å². The molecule has 0 saturated carbocycles. The van der Waals surface area contributed by atoms with Gasteiger partial charge in [0.15, 0.2) is 0 Å². The molecule has 0 aliphatic carbocycles. The summed E-state index contributed by atoms with van der Waals surface area (Å²) in [6, 6.07) is 16.7. The monoisotopic (exact) mass is 296 g/mol. The number of carbonyl (C=O) groups is 1. The maximum absolute atomic E-state index is 12.0. The number of hydrogen-bond acceptors (Lipinski definition) is 3. The van der Waals surface area contributed by atoms with E-state index in [9.17, 15) is 4.79 Å². The summed E-state index contributed by atoms with van der Waals surface area (Å²) >= 11 is 0. The predicted octanol–water partition coefficient (Wildman–Crippen LogP) is 3.49. The third kappa shape index (κ3) is 3.59. The Morgan fingerprint density at radius 1 is 1.09 bits per heavy atom. The molecule has 0 aliphatic heterocycles. The summed E-state index contributed by atoms with van der Waals surface area (Å²) in [4.78, 5) is 12.0. The molecule has 1 unspecified atom stereocenters. The standard InChI is InChI=1S/C18H20N2O2/c1-2-6-16(19)13-9-11-15(12-10-13)17(18(21)20-22)14-7-4-3-5-8-14/h3-5,7-12,17,19,22H,2,6H2,1H3,(H,20,21). The van der Waals surface area contributed by atoms with Gasteiger partial charge in [-0.15, -0.1) is 0 Å². The second-order valence-corrected chi connectivity index (χ2v) is 5.17. The van der Waals surface area contributed by atoms with Crippen LogP contribution in [0.25, 0.3) is 0 Å². The number of carbonyl (C=O) groups excluding carboxylic acids is 1. The van der Waals surface area contributed by atoms with Gasteiger partial charge in [-0.2, -0.15) is 0 Å². The van der Waals surface area contributed by atoms with Crippen LogP contribution < -0.4 is 5.48 Å². The first-order valence-corrected chi connectivity index (χ1v) is 7.34. The Hall–Kier alpha value is -2.46. The Balaban J connectivity index is 2.33. The number of nitrogens with one attached hydrogen (secondary N) is 2. The summed E-state index contributed by atoms with van der Waals surface area (Å²) in [7, 11) is 0. The summed E-state index contributed by atoms with van der Waals surface area (Å²) < 4.78 is 0. The van der Waals surface area contributed by atoms with Gasteiger partial charge in [0, 0.05) is 5.71 Å². The topological polar surface area (TPSA) is 73.2 Å². The van der Waals surface area contributed by atoms with E-state index in [4.69, 9.17) is 10.6 Å². The van der Waals surface area contributed by atoms with Crippen LogP contribution in [0.1, 0.15) is 42.4 Å². The number of amides is 1. The van der Waals surface area contributed by atoms with Crippen molar-refractivity contribution in [1.29, 1.82) is 5.41 Å². The first-order valence-electron chi connectivity index (χ1n) is 7.34. The Kier molecular flexibility index (Phi) is 5.44. The Morgan fingerprint density at radius 3 is 2.23 bits per heavy atom. The quantitative estimate of drug-likeness (QED) is 0.434. The molecule has 0 heterocycles. The highest BCUT2D eigenvalue weighted by molar-refractivity contribution is 5.98. The van der Waals surface area contributed by atoms with E-state index in [0.29, 0.717) is 5.71 Å². The van der Waals surface area contributed by atoms with E-state index in [1.807, 2.05) is 61.5 Å². The van der Waals surface area contributed by atoms with Crippen molar-refractivity contribution in [2.24, 2.45) is 0 Å². The number of rotatable bonds is 6. The molecule has 4 nitrogen and oxygen atoms in total. The highest BCUT2D eigenvalue weighted by Crippen LogP contribution is 2.25. The normalized spacial score (nSPS) is 11.7. The van der Waals surface area contributed by atoms with Gasteiger partial charge in [-0.1, -0.05) is 67.9 Å². The van der Waals surface area contributed by atoms with Gasteiger partial charge in [0.1, 0.15) is 0 Å². The van der Waals surface area contributed by atoms with Crippen molar-refractivity contribution in [2.45, 2.75) is 25.7 Å². The van der Waals surface area contributed by atoms with Gasteiger partial charge in [0.25, 0.3) is 5.91 Å². The molecule has 2 aromatic carbocycles. The molecule has 2 rings (SSSR count). The van der Waals surface area contributed by atoms with Crippen LogP contribution in [0.3, 0.4) is 0 Å². The predicted molar refractivity (Wildman–Crippen MR) is 86.4 cm³/mol. The second-order valence-electron chi connectivity index (χ2n) is 5.17. The van der Waals surface area contributed by atoms with E-state index in [2.05, 4.69) is 0 Å². The summed E-state index contributed by atoms with van der Waals surface area (Å²) in [6.45, 7) is 2.04. The lowest BCUT2D eigenvalue weighted by atomic mass is 9.89. The summed E-state index contributed by atoms with van der Waals surface area (Å²) in [5.74, 6) is -1.04. The molecule has 0 aliphatic rings. The lowest BCUT2D eigenvalue weighted by molar-refractivity contribution is -0.129. The van der Waals surface area contributed by atoms with E-state index in [1.165, 1.54) is 0 Å². The summed E-state index contributed by atoms with van der Waals surface area (Å²) in [5.41, 5.74) is 4.79. The Bertz CT molecular complexity index is 636. The second kappa shape index (κ2) is 7.52. The van der Waals surface area contributed by atoms with E-state index in [1.54, 1.807) is 5.48 Å². The molecular formula is C18H20N2O2. The zero-order valence-electron chi connectivity index (χ0n) is 12.5. The molecular weight excluding hydrogens is 276 g/mol. The number of hydroxylamine groups is 1. The van der Waals surface area contributed by atoms with Crippen LogP contribution in [0.2, 0.25) is 0 Å². The molecule has 2 aromatic rings. The van der Waals surface area contributed by atoms with Crippen molar-refractivity contribution in [1.82, 2.24) is 5.48 Å². The SMILES string of the molecule is CCCC(=N)c1ccc(C(C(=O)NO)c2ccccc2)cc1. The molecule has 1 amide bonds. The van der Waals surface area contributed by atoms with Gasteiger partial charge in [-0.25, -0.2) is 5.48 Å². The van der Waals surface area contributed by atoms with Crippen LogP contribution in [0.15, 0.2) is 54.6 Å². The van der Waals surface area contributed by atoms with Crippen LogP contribution >= 0.6 is 0 Å². The van der Waals surface area contributed by atoms with E-state index < -0.39 is 11.8 Å². The van der Waals surface area contributed by atoms with Crippen molar-refractivity contribution < 1.29 is 10.0 Å². The fraction of sp³-hybridized carbons (Fsp3) is 0.222. The molecule has 0 saturated heterocycles. The van der Waals surface area contributed by atoms with Gasteiger partial charge in [0.2, 0.25) is 0 Å². The lowest BCUT2D eigenvalue weighted by Gasteiger charge is -2.16. The molecule has 114 valence electrons. The molecule has 0 fully saturated rings. The van der Waals surface area contributed by atoms with Crippen LogP contribution in [0, 0.1) is 5.41 Å². The fourth-order valence-electron chi connectivity index (χ4n) is 2.48. The summed E-state index contributed by atoms with van der Waals surface area (Å²) in [6.07, 6.45) is 1.67. The molecule has 0 spiro atoms. The molecule has 22 heavy (non-hydrogen) atoms. The Labute approximate surface area is 130 Å². The van der Waals surface area contributed by atoms with Crippen LogP contribution in [0.4, 0.5) is 0 Å². The third-order valence-corrected chi connectivity index (χ3v) is 3.60. The van der Waals surface area contributed by atoms with E-state index in [-0.39, 0.29) is 0 Å². The number of hydrogen-bond donors (Lipinski definition) is 3. The maximum atomic E-state index is 12.0. The van der Waals surface area contributed by atoms with Crippen molar-refractivity contribution in [3.8, 4) is 0 Å². The smallest absolute Gasteiger partial charge is 0.255 e. The fourth-order valence-corrected chi connectivity index (χ4v) is 2.48. The average Bonchev–Trinajstić information content (AvgIpc) is 2.56. The van der Waals surface area contributed by atoms with Gasteiger partial charge in [-0.3, -0.25) is 10.0 Å². The zero-order valence-corrected chi connectivity index (χ0v) is 12.5. The van der Waals surface area contributed by atoms with Crippen molar-refractivity contribution in [3.05, 3.63) is 71.3 Å². The molecule has 3 N–H and O–H groups in total. The van der Waals surface area contributed by atoms with Crippen molar-refractivity contribution >= 4 is 11.6 Å². The van der Waals surface area contributed by atoms with Crippen LogP contribution in [0.5, 0.6) is 0 Å². The van der Waals surface area contributed by atoms with E-state index >= 15 is 0 Å². The van der Waals surface area contributed by atoms with Gasteiger partial charge in [-0.05, 0) is 23.1 Å². The minimum Gasteiger partial charge on any atom is -0.305 e. The first-order chi connectivity index (χ1) is 10.7. The van der Waals surface area contributed by atoms with E-state index in [0.717, 1.165) is 29.5 Å². The summed E-state index contributed by atoms with van der Waals surface area (Å²) in [5, 5.41) is 17.0. The lowest BCUT2D eigenvalue weighted by Crippen LogP contribution is -2.27. The van der Waals surface area contributed by atoms with Crippen molar-refractivity contribution in [2.75, 3.05) is 0 Å². The first kappa shape index (κ1) is 15.9. The highest BCUT2D eigenvalue weighted by Gasteiger charge is 2.22.